The molecule has 6 nitrogen and oxygen atoms in total. The minimum Gasteiger partial charge on any atom is -0.477 e. The van der Waals surface area contributed by atoms with Gasteiger partial charge in [-0.3, -0.25) is 9.78 Å². The fourth-order valence-corrected chi connectivity index (χ4v) is 3.52. The van der Waals surface area contributed by atoms with Crippen LogP contribution in [0.15, 0.2) is 79.0 Å². The third kappa shape index (κ3) is 4.46. The average molecular weight is 429 g/mol. The van der Waals surface area contributed by atoms with Crippen molar-refractivity contribution < 1.29 is 19.1 Å². The lowest BCUT2D eigenvalue weighted by molar-refractivity contribution is 0.0671. The van der Waals surface area contributed by atoms with E-state index in [9.17, 15) is 19.1 Å². The molecule has 0 fully saturated rings. The summed E-state index contributed by atoms with van der Waals surface area (Å²) < 4.78 is 13.4. The Morgan fingerprint density at radius 3 is 2.53 bits per heavy atom. The highest BCUT2D eigenvalue weighted by atomic mass is 19.1. The van der Waals surface area contributed by atoms with Crippen molar-refractivity contribution in [2.24, 2.45) is 0 Å². The Balaban J connectivity index is 1.73. The highest BCUT2D eigenvalue weighted by Gasteiger charge is 2.24. The monoisotopic (exact) mass is 429 g/mol. The Bertz CT molecular complexity index is 1290. The predicted octanol–water partition coefficient (Wildman–Crippen LogP) is 4.87. The molecule has 32 heavy (non-hydrogen) atoms. The van der Waals surface area contributed by atoms with E-state index in [1.165, 1.54) is 24.4 Å². The lowest BCUT2D eigenvalue weighted by Crippen LogP contribution is -2.33. The summed E-state index contributed by atoms with van der Waals surface area (Å²) in [5.41, 5.74) is 2.24. The summed E-state index contributed by atoms with van der Waals surface area (Å²) in [7, 11) is 0. The smallest absolute Gasteiger partial charge is 0.354 e. The van der Waals surface area contributed by atoms with E-state index in [4.69, 9.17) is 0 Å². The van der Waals surface area contributed by atoms with Crippen LogP contribution in [0.4, 0.5) is 4.39 Å². The number of para-hydroxylation sites is 1. The Morgan fingerprint density at radius 1 is 1.03 bits per heavy atom. The average Bonchev–Trinajstić information content (AvgIpc) is 2.82. The van der Waals surface area contributed by atoms with Crippen LogP contribution in [0.25, 0.3) is 10.9 Å². The number of pyridine rings is 2. The molecule has 2 aromatic carbocycles. The van der Waals surface area contributed by atoms with E-state index in [1.54, 1.807) is 35.2 Å². The SMILES string of the molecule is C[C@H](c1ccc(F)cc1)N(Cc1cccc(C(=O)O)n1)C(=O)c1cnc2ccccc2c1. The molecule has 0 radical (unpaired) electrons. The van der Waals surface area contributed by atoms with Gasteiger partial charge in [0.25, 0.3) is 5.91 Å². The maximum atomic E-state index is 13.6. The standard InChI is InChI=1S/C25H20FN3O3/c1-16(17-9-11-20(26)12-10-17)29(15-21-6-4-8-23(28-21)25(31)32)24(30)19-13-18-5-2-3-7-22(18)27-14-19/h2-14,16H,15H2,1H3,(H,31,32)/t16-/m1/s1. The molecule has 7 heteroatoms. The van der Waals surface area contributed by atoms with Gasteiger partial charge in [-0.05, 0) is 48.9 Å². The fraction of sp³-hybridized carbons (Fsp3) is 0.120. The molecule has 0 unspecified atom stereocenters. The van der Waals surface area contributed by atoms with Crippen molar-refractivity contribution >= 4 is 22.8 Å². The number of nitrogens with zero attached hydrogens (tertiary/aromatic N) is 3. The van der Waals surface area contributed by atoms with E-state index in [-0.39, 0.29) is 24.0 Å². The molecular formula is C25H20FN3O3. The second-order valence-electron chi connectivity index (χ2n) is 7.40. The molecule has 160 valence electrons. The third-order valence-corrected chi connectivity index (χ3v) is 5.28. The lowest BCUT2D eigenvalue weighted by Gasteiger charge is -2.29. The summed E-state index contributed by atoms with van der Waals surface area (Å²) in [5, 5.41) is 10.1. The number of amides is 1. The third-order valence-electron chi connectivity index (χ3n) is 5.28. The number of hydrogen-bond acceptors (Lipinski definition) is 4. The molecule has 0 spiro atoms. The Kier molecular flexibility index (Phi) is 5.89. The van der Waals surface area contributed by atoms with Gasteiger partial charge in [-0.15, -0.1) is 0 Å². The first-order chi connectivity index (χ1) is 15.4. The van der Waals surface area contributed by atoms with Crippen molar-refractivity contribution in [3.8, 4) is 0 Å². The molecular weight excluding hydrogens is 409 g/mol. The van der Waals surface area contributed by atoms with Crippen molar-refractivity contribution in [2.45, 2.75) is 19.5 Å². The molecule has 0 bridgehead atoms. The van der Waals surface area contributed by atoms with Gasteiger partial charge in [0.2, 0.25) is 0 Å². The predicted molar refractivity (Wildman–Crippen MR) is 118 cm³/mol. The first kappa shape index (κ1) is 21.1. The molecule has 0 saturated carbocycles. The number of aromatic nitrogens is 2. The van der Waals surface area contributed by atoms with E-state index in [2.05, 4.69) is 9.97 Å². The van der Waals surface area contributed by atoms with Crippen molar-refractivity contribution in [3.63, 3.8) is 0 Å². The first-order valence-corrected chi connectivity index (χ1v) is 10.0. The number of carbonyl (C=O) groups excluding carboxylic acids is 1. The Labute approximate surface area is 184 Å². The quantitative estimate of drug-likeness (QED) is 0.473. The summed E-state index contributed by atoms with van der Waals surface area (Å²) in [4.78, 5) is 35.0. The molecule has 4 aromatic rings. The van der Waals surface area contributed by atoms with Gasteiger partial charge in [-0.1, -0.05) is 36.4 Å². The van der Waals surface area contributed by atoms with E-state index in [0.29, 0.717) is 11.3 Å². The molecule has 0 aliphatic carbocycles. The zero-order valence-corrected chi connectivity index (χ0v) is 17.3. The molecule has 0 aliphatic rings. The summed E-state index contributed by atoms with van der Waals surface area (Å²) in [5.74, 6) is -1.80. The van der Waals surface area contributed by atoms with Gasteiger partial charge >= 0.3 is 5.97 Å². The molecule has 1 N–H and O–H groups in total. The zero-order valence-electron chi connectivity index (χ0n) is 17.3. The van der Waals surface area contributed by atoms with E-state index in [0.717, 1.165) is 16.5 Å². The second-order valence-corrected chi connectivity index (χ2v) is 7.40. The molecule has 0 saturated heterocycles. The van der Waals surface area contributed by atoms with Gasteiger partial charge in [0.05, 0.1) is 29.4 Å². The van der Waals surface area contributed by atoms with Crippen LogP contribution in [0.5, 0.6) is 0 Å². The maximum Gasteiger partial charge on any atom is 0.354 e. The van der Waals surface area contributed by atoms with E-state index < -0.39 is 12.0 Å². The topological polar surface area (TPSA) is 83.4 Å². The van der Waals surface area contributed by atoms with Crippen molar-refractivity contribution in [3.05, 3.63) is 107 Å². The number of aromatic carboxylic acids is 1. The lowest BCUT2D eigenvalue weighted by atomic mass is 10.0. The fourth-order valence-electron chi connectivity index (χ4n) is 3.52. The first-order valence-electron chi connectivity index (χ1n) is 10.0. The number of hydrogen-bond donors (Lipinski definition) is 1. The molecule has 0 aliphatic heterocycles. The molecule has 2 aromatic heterocycles. The van der Waals surface area contributed by atoms with Crippen molar-refractivity contribution in [1.29, 1.82) is 0 Å². The van der Waals surface area contributed by atoms with Crippen LogP contribution in [-0.2, 0) is 6.54 Å². The zero-order chi connectivity index (χ0) is 22.7. The van der Waals surface area contributed by atoms with Crippen LogP contribution in [0, 0.1) is 5.82 Å². The van der Waals surface area contributed by atoms with Crippen LogP contribution in [-0.4, -0.2) is 31.9 Å². The van der Waals surface area contributed by atoms with Crippen molar-refractivity contribution in [1.82, 2.24) is 14.9 Å². The number of benzene rings is 2. The number of halogens is 1. The van der Waals surface area contributed by atoms with Crippen molar-refractivity contribution in [2.75, 3.05) is 0 Å². The second kappa shape index (κ2) is 8.93. The van der Waals surface area contributed by atoms with Gasteiger partial charge in [-0.2, -0.15) is 0 Å². The van der Waals surface area contributed by atoms with Gasteiger partial charge in [-0.25, -0.2) is 14.2 Å². The van der Waals surface area contributed by atoms with Gasteiger partial charge < -0.3 is 10.0 Å². The van der Waals surface area contributed by atoms with E-state index in [1.807, 2.05) is 31.2 Å². The Hall–Kier alpha value is -4.13. The van der Waals surface area contributed by atoms with Crippen LogP contribution < -0.4 is 0 Å². The highest BCUT2D eigenvalue weighted by Crippen LogP contribution is 2.25. The summed E-state index contributed by atoms with van der Waals surface area (Å²) in [6, 6.07) is 19.4. The maximum absolute atomic E-state index is 13.6. The van der Waals surface area contributed by atoms with Crippen LogP contribution in [0.2, 0.25) is 0 Å². The van der Waals surface area contributed by atoms with Crippen LogP contribution in [0.3, 0.4) is 0 Å². The number of rotatable bonds is 6. The largest absolute Gasteiger partial charge is 0.477 e. The molecule has 1 atom stereocenters. The molecule has 4 rings (SSSR count). The Morgan fingerprint density at radius 2 is 1.78 bits per heavy atom. The molecule has 1 amide bonds. The minimum atomic E-state index is -1.14. The normalized spacial score (nSPS) is 11.8. The minimum absolute atomic E-state index is 0.0747. The number of carboxylic acid groups (broad SMARTS) is 1. The number of carbonyl (C=O) groups is 2. The van der Waals surface area contributed by atoms with Crippen LogP contribution >= 0.6 is 0 Å². The van der Waals surface area contributed by atoms with Gasteiger partial charge in [0.1, 0.15) is 11.5 Å². The number of fused-ring (bicyclic) bond motifs is 1. The highest BCUT2D eigenvalue weighted by molar-refractivity contribution is 5.97. The summed E-state index contributed by atoms with van der Waals surface area (Å²) >= 11 is 0. The van der Waals surface area contributed by atoms with Gasteiger partial charge in [0.15, 0.2) is 0 Å². The van der Waals surface area contributed by atoms with Crippen LogP contribution in [0.1, 0.15) is 45.1 Å². The number of carboxylic acids is 1. The summed E-state index contributed by atoms with van der Waals surface area (Å²) in [6.45, 7) is 1.91. The van der Waals surface area contributed by atoms with Gasteiger partial charge in [0, 0.05) is 11.6 Å². The van der Waals surface area contributed by atoms with E-state index >= 15 is 0 Å². The molecule has 2 heterocycles. The summed E-state index contributed by atoms with van der Waals surface area (Å²) in [6.07, 6.45) is 1.52.